The number of nitrogens with zero attached hydrogens (tertiary/aromatic N) is 4. The number of carbonyl (C=O) groups is 1. The number of hydrazone groups is 1. The fourth-order valence-corrected chi connectivity index (χ4v) is 2.67. The summed E-state index contributed by atoms with van der Waals surface area (Å²) in [4.78, 5) is 12.6. The molecule has 1 aliphatic heterocycles. The van der Waals surface area contributed by atoms with Crippen molar-refractivity contribution in [3.05, 3.63) is 59.4 Å². The fourth-order valence-electron chi connectivity index (χ4n) is 2.67. The lowest BCUT2D eigenvalue weighted by atomic mass is 10.0. The number of hydrogen-bond donors (Lipinski definition) is 2. The summed E-state index contributed by atoms with van der Waals surface area (Å²) >= 11 is 0. The van der Waals surface area contributed by atoms with E-state index >= 15 is 0 Å². The molecule has 1 unspecified atom stereocenters. The van der Waals surface area contributed by atoms with E-state index in [1.165, 1.54) is 34.6 Å². The third-order valence-electron chi connectivity index (χ3n) is 3.94. The molecule has 1 heterocycles. The number of hydrogen-bond acceptors (Lipinski definition) is 6. The Hall–Kier alpha value is -3.25. The Labute approximate surface area is 155 Å². The third-order valence-corrected chi connectivity index (χ3v) is 3.94. The minimum Gasteiger partial charge on any atom is -0.389 e. The van der Waals surface area contributed by atoms with Gasteiger partial charge in [-0.1, -0.05) is 6.58 Å². The lowest BCUT2D eigenvalue weighted by molar-refractivity contribution is -0.129. The Balaban J connectivity index is 1.96. The molecule has 7 nitrogen and oxygen atoms in total. The van der Waals surface area contributed by atoms with Gasteiger partial charge in [0.15, 0.2) is 0 Å². The third kappa shape index (κ3) is 5.36. The van der Waals surface area contributed by atoms with E-state index in [-0.39, 0.29) is 5.70 Å². The zero-order valence-corrected chi connectivity index (χ0v) is 14.6. The summed E-state index contributed by atoms with van der Waals surface area (Å²) in [5.74, 6) is 3.82. The van der Waals surface area contributed by atoms with E-state index in [2.05, 4.69) is 11.7 Å². The van der Waals surface area contributed by atoms with Gasteiger partial charge in [0.25, 0.3) is 5.91 Å². The van der Waals surface area contributed by atoms with Crippen molar-refractivity contribution < 1.29 is 13.6 Å². The number of allylic oxidation sites excluding steroid dienone is 1. The predicted molar refractivity (Wildman–Crippen MR) is 96.2 cm³/mol. The van der Waals surface area contributed by atoms with Gasteiger partial charge in [-0.05, 0) is 30.5 Å². The molecule has 1 aromatic rings. The summed E-state index contributed by atoms with van der Waals surface area (Å²) in [6.45, 7) is 4.13. The number of amides is 1. The van der Waals surface area contributed by atoms with E-state index in [0.717, 1.165) is 6.07 Å². The summed E-state index contributed by atoms with van der Waals surface area (Å²) < 4.78 is 26.9. The lowest BCUT2D eigenvalue weighted by Gasteiger charge is -2.23. The average Bonchev–Trinajstić information content (AvgIpc) is 3.09. The van der Waals surface area contributed by atoms with Gasteiger partial charge in [0.05, 0.1) is 6.04 Å². The fraction of sp³-hybridized carbons (Fsp3) is 0.278. The Bertz CT molecular complexity index is 809. The first kappa shape index (κ1) is 20.1. The maximum atomic E-state index is 13.5. The van der Waals surface area contributed by atoms with Crippen LogP contribution in [0.25, 0.3) is 0 Å². The molecule has 0 saturated carbocycles. The standard InChI is InChI=1S/C18H20F2N6O/c1-12(3-2-6-25(23)11-16(22)10-21)18(27)26-17(4-5-24-26)13-7-14(19)9-15(20)8-13/h5,7-9,11,17H,1-4,6,22-23H2/b16-11-. The highest BCUT2D eigenvalue weighted by Gasteiger charge is 2.30. The quantitative estimate of drug-likeness (QED) is 0.328. The van der Waals surface area contributed by atoms with Crippen LogP contribution in [-0.4, -0.2) is 28.7 Å². The van der Waals surface area contributed by atoms with Crippen molar-refractivity contribution >= 4 is 12.1 Å². The number of hydrazine groups is 1. The molecule has 0 aromatic heterocycles. The summed E-state index contributed by atoms with van der Waals surface area (Å²) in [5, 5.41) is 15.1. The molecule has 1 amide bonds. The monoisotopic (exact) mass is 374 g/mol. The Kier molecular flexibility index (Phi) is 6.62. The first-order valence-corrected chi connectivity index (χ1v) is 8.20. The minimum atomic E-state index is -0.712. The van der Waals surface area contributed by atoms with Gasteiger partial charge in [-0.3, -0.25) is 4.79 Å². The van der Waals surface area contributed by atoms with Gasteiger partial charge in [0.2, 0.25) is 0 Å². The van der Waals surface area contributed by atoms with E-state index < -0.39 is 23.6 Å². The van der Waals surface area contributed by atoms with Gasteiger partial charge >= 0.3 is 0 Å². The number of benzene rings is 1. The van der Waals surface area contributed by atoms with E-state index in [9.17, 15) is 13.6 Å². The molecule has 4 N–H and O–H groups in total. The van der Waals surface area contributed by atoms with Crippen molar-refractivity contribution in [2.24, 2.45) is 16.7 Å². The van der Waals surface area contributed by atoms with Gasteiger partial charge in [0, 0.05) is 37.0 Å². The Morgan fingerprint density at radius 2 is 2.11 bits per heavy atom. The number of carbonyl (C=O) groups excluding carboxylic acids is 1. The maximum absolute atomic E-state index is 13.5. The molecule has 0 bridgehead atoms. The van der Waals surface area contributed by atoms with Crippen molar-refractivity contribution in [2.45, 2.75) is 25.3 Å². The molecular weight excluding hydrogens is 354 g/mol. The summed E-state index contributed by atoms with van der Waals surface area (Å²) in [5.41, 5.74) is 5.96. The molecule has 0 fully saturated rings. The highest BCUT2D eigenvalue weighted by Crippen LogP contribution is 2.30. The zero-order valence-electron chi connectivity index (χ0n) is 14.6. The van der Waals surface area contributed by atoms with Gasteiger partial charge < -0.3 is 10.7 Å². The highest BCUT2D eigenvalue weighted by atomic mass is 19.1. The maximum Gasteiger partial charge on any atom is 0.269 e. The molecule has 1 aromatic carbocycles. The zero-order chi connectivity index (χ0) is 20.0. The van der Waals surface area contributed by atoms with Crippen molar-refractivity contribution in [3.63, 3.8) is 0 Å². The largest absolute Gasteiger partial charge is 0.389 e. The van der Waals surface area contributed by atoms with Gasteiger partial charge in [-0.2, -0.15) is 10.4 Å². The van der Waals surface area contributed by atoms with Crippen molar-refractivity contribution in [2.75, 3.05) is 6.54 Å². The molecule has 27 heavy (non-hydrogen) atoms. The van der Waals surface area contributed by atoms with Crippen LogP contribution in [0.4, 0.5) is 8.78 Å². The Morgan fingerprint density at radius 3 is 2.74 bits per heavy atom. The summed E-state index contributed by atoms with van der Waals surface area (Å²) in [6, 6.07) is 4.31. The molecular formula is C18H20F2N6O. The highest BCUT2D eigenvalue weighted by molar-refractivity contribution is 5.94. The van der Waals surface area contributed by atoms with Crippen LogP contribution < -0.4 is 11.6 Å². The lowest BCUT2D eigenvalue weighted by Crippen LogP contribution is -2.30. The second-order valence-electron chi connectivity index (χ2n) is 6.04. The van der Waals surface area contributed by atoms with Gasteiger partial charge in [-0.25, -0.2) is 19.6 Å². The molecule has 1 atom stereocenters. The van der Waals surface area contributed by atoms with Crippen molar-refractivity contribution in [3.8, 4) is 6.07 Å². The minimum absolute atomic E-state index is 0.0241. The predicted octanol–water partition coefficient (Wildman–Crippen LogP) is 2.06. The summed E-state index contributed by atoms with van der Waals surface area (Å²) in [7, 11) is 0. The van der Waals surface area contributed by atoms with Crippen LogP contribution >= 0.6 is 0 Å². The van der Waals surface area contributed by atoms with E-state index in [1.54, 1.807) is 6.07 Å². The molecule has 1 aliphatic rings. The van der Waals surface area contributed by atoms with E-state index in [0.29, 0.717) is 36.9 Å². The molecule has 0 radical (unpaired) electrons. The number of halogens is 2. The average molecular weight is 374 g/mol. The molecule has 0 aliphatic carbocycles. The topological polar surface area (TPSA) is 112 Å². The first-order valence-electron chi connectivity index (χ1n) is 8.20. The second-order valence-corrected chi connectivity index (χ2v) is 6.04. The Morgan fingerprint density at radius 1 is 1.44 bits per heavy atom. The molecule has 0 spiro atoms. The summed E-state index contributed by atoms with van der Waals surface area (Å²) in [6.07, 6.45) is 4.01. The number of nitrogens with two attached hydrogens (primary N) is 2. The number of nitriles is 1. The second kappa shape index (κ2) is 8.91. The van der Waals surface area contributed by atoms with Crippen LogP contribution in [0.5, 0.6) is 0 Å². The van der Waals surface area contributed by atoms with Gasteiger partial charge in [-0.15, -0.1) is 0 Å². The van der Waals surface area contributed by atoms with E-state index in [1.807, 2.05) is 0 Å². The van der Waals surface area contributed by atoms with Crippen LogP contribution in [0, 0.1) is 23.0 Å². The number of rotatable bonds is 7. The van der Waals surface area contributed by atoms with Crippen molar-refractivity contribution in [1.29, 1.82) is 5.26 Å². The van der Waals surface area contributed by atoms with Crippen LogP contribution in [-0.2, 0) is 4.79 Å². The van der Waals surface area contributed by atoms with E-state index in [4.69, 9.17) is 16.8 Å². The van der Waals surface area contributed by atoms with Crippen LogP contribution in [0.1, 0.15) is 30.9 Å². The van der Waals surface area contributed by atoms with Crippen LogP contribution in [0.2, 0.25) is 0 Å². The van der Waals surface area contributed by atoms with Crippen LogP contribution in [0.15, 0.2) is 47.3 Å². The molecule has 9 heteroatoms. The smallest absolute Gasteiger partial charge is 0.269 e. The molecule has 142 valence electrons. The molecule has 2 rings (SSSR count). The molecule has 0 saturated heterocycles. The van der Waals surface area contributed by atoms with Crippen LogP contribution in [0.3, 0.4) is 0 Å². The van der Waals surface area contributed by atoms with Crippen molar-refractivity contribution in [1.82, 2.24) is 10.0 Å². The SMILES string of the molecule is C=C(CCCN(N)/C=C(\N)C#N)C(=O)N1N=CCC1c1cc(F)cc(F)c1. The van der Waals surface area contributed by atoms with Gasteiger partial charge in [0.1, 0.15) is 23.4 Å². The first-order chi connectivity index (χ1) is 12.8. The normalized spacial score (nSPS) is 16.3.